The highest BCUT2D eigenvalue weighted by atomic mass is 16.5. The Balaban J connectivity index is 1.50. The number of rotatable bonds is 15. The monoisotopic (exact) mass is 672 g/mol. The third-order valence-electron chi connectivity index (χ3n) is 11.3. The molecule has 2 aromatic carbocycles. The molecule has 9 heteroatoms. The second-order valence-corrected chi connectivity index (χ2v) is 15.3. The molecule has 0 spiro atoms. The van der Waals surface area contributed by atoms with Crippen molar-refractivity contribution in [1.82, 2.24) is 20.0 Å². The van der Waals surface area contributed by atoms with E-state index in [0.717, 1.165) is 86.0 Å². The molecule has 4 N–H and O–H groups in total. The Hall–Kier alpha value is -3.56. The Bertz CT molecular complexity index is 1540. The fraction of sp³-hybridized carbons (Fsp3) is 0.600. The normalized spacial score (nSPS) is 23.5. The second kappa shape index (κ2) is 16.0. The van der Waals surface area contributed by atoms with E-state index in [1.54, 1.807) is 14.2 Å². The molecule has 2 aliphatic rings. The zero-order valence-electron chi connectivity index (χ0n) is 31.1. The lowest BCUT2D eigenvalue weighted by Crippen LogP contribution is -2.60. The van der Waals surface area contributed by atoms with Gasteiger partial charge in [-0.1, -0.05) is 33.8 Å². The first-order chi connectivity index (χ1) is 23.5. The van der Waals surface area contributed by atoms with Gasteiger partial charge in [0.15, 0.2) is 5.69 Å². The number of nitrogens with two attached hydrogens (primary N) is 1. The number of nitrogens with one attached hydrogen (secondary N) is 2. The quantitative estimate of drug-likeness (QED) is 0.145. The Morgan fingerprint density at radius 3 is 2.43 bits per heavy atom. The van der Waals surface area contributed by atoms with Gasteiger partial charge in [-0.15, -0.1) is 0 Å². The number of benzene rings is 2. The molecule has 5 unspecified atom stereocenters. The molecule has 3 aromatic rings. The topological polar surface area (TPSA) is 107 Å². The maximum atomic E-state index is 14.3. The minimum atomic E-state index is -0.288. The Morgan fingerprint density at radius 2 is 1.76 bits per heavy atom. The number of hydrogen-bond acceptors (Lipinski definition) is 7. The first-order valence-corrected chi connectivity index (χ1v) is 18.4. The van der Waals surface area contributed by atoms with Crippen LogP contribution in [0.25, 0.3) is 16.9 Å². The highest BCUT2D eigenvalue weighted by Crippen LogP contribution is 2.50. The minimum absolute atomic E-state index is 0.138. The minimum Gasteiger partial charge on any atom is -0.496 e. The predicted octanol–water partition coefficient (Wildman–Crippen LogP) is 7.34. The molecular weight excluding hydrogens is 612 g/mol. The summed E-state index contributed by atoms with van der Waals surface area (Å²) >= 11 is 0. The molecule has 268 valence electrons. The van der Waals surface area contributed by atoms with Crippen molar-refractivity contribution in [2.45, 2.75) is 84.6 Å². The van der Waals surface area contributed by atoms with Crippen LogP contribution in [-0.2, 0) is 0 Å². The molecule has 2 fully saturated rings. The predicted molar refractivity (Wildman–Crippen MR) is 200 cm³/mol. The Labute approximate surface area is 294 Å². The molecule has 1 aromatic heterocycles. The third kappa shape index (κ3) is 8.09. The summed E-state index contributed by atoms with van der Waals surface area (Å²) in [7, 11) is 5.47. The summed E-state index contributed by atoms with van der Waals surface area (Å²) < 4.78 is 13.6. The van der Waals surface area contributed by atoms with E-state index < -0.39 is 0 Å². The van der Waals surface area contributed by atoms with Gasteiger partial charge in [0.2, 0.25) is 0 Å². The van der Waals surface area contributed by atoms with Gasteiger partial charge in [-0.05, 0) is 144 Å². The lowest BCUT2D eigenvalue weighted by molar-refractivity contribution is 0.0102. The first-order valence-electron chi connectivity index (χ1n) is 18.4. The Kier molecular flexibility index (Phi) is 12.0. The average molecular weight is 673 g/mol. The van der Waals surface area contributed by atoms with E-state index >= 15 is 0 Å². The first kappa shape index (κ1) is 36.7. The maximum Gasteiger partial charge on any atom is 0.272 e. The number of nitrogens with zero attached hydrogens (tertiary/aromatic N) is 3. The molecule has 2 saturated carbocycles. The summed E-state index contributed by atoms with van der Waals surface area (Å²) in [6.45, 7) is 14.9. The fourth-order valence-corrected chi connectivity index (χ4v) is 8.44. The van der Waals surface area contributed by atoms with Crippen LogP contribution in [0.5, 0.6) is 11.5 Å². The molecule has 9 nitrogen and oxygen atoms in total. The van der Waals surface area contributed by atoms with Crippen LogP contribution >= 0.6 is 0 Å². The number of ether oxygens (including phenoxy) is 2. The van der Waals surface area contributed by atoms with Crippen molar-refractivity contribution in [3.05, 3.63) is 53.7 Å². The molecule has 2 aliphatic carbocycles. The van der Waals surface area contributed by atoms with Crippen LogP contribution in [0.15, 0.2) is 42.5 Å². The number of anilines is 1. The second-order valence-electron chi connectivity index (χ2n) is 15.3. The Morgan fingerprint density at radius 1 is 1.04 bits per heavy atom. The summed E-state index contributed by atoms with van der Waals surface area (Å²) in [5.41, 5.74) is 10.4. The van der Waals surface area contributed by atoms with Crippen molar-refractivity contribution < 1.29 is 14.3 Å². The number of carbonyl (C=O) groups excluding carboxylic acids is 1. The molecular formula is C40H60N6O3. The lowest BCUT2D eigenvalue weighted by atomic mass is 9.57. The van der Waals surface area contributed by atoms with E-state index in [1.807, 2.05) is 28.9 Å². The number of fused-ring (bicyclic) bond motifs is 2. The zero-order chi connectivity index (χ0) is 35.3. The number of aromatic nitrogens is 2. The molecule has 5 atom stereocenters. The van der Waals surface area contributed by atoms with Gasteiger partial charge in [-0.3, -0.25) is 4.79 Å². The highest BCUT2D eigenvalue weighted by Gasteiger charge is 2.48. The van der Waals surface area contributed by atoms with Crippen LogP contribution in [0.3, 0.4) is 0 Å². The molecule has 2 bridgehead atoms. The number of amides is 1. The van der Waals surface area contributed by atoms with Gasteiger partial charge in [0.05, 0.1) is 31.2 Å². The number of carbonyl (C=O) groups is 1. The van der Waals surface area contributed by atoms with Crippen molar-refractivity contribution >= 4 is 11.6 Å². The largest absolute Gasteiger partial charge is 0.496 e. The van der Waals surface area contributed by atoms with Gasteiger partial charge in [-0.25, -0.2) is 4.68 Å². The fourth-order valence-electron chi connectivity index (χ4n) is 8.44. The molecule has 0 aliphatic heterocycles. The summed E-state index contributed by atoms with van der Waals surface area (Å²) in [5.74, 6) is 3.67. The molecule has 5 rings (SSSR count). The maximum absolute atomic E-state index is 14.3. The van der Waals surface area contributed by atoms with Crippen LogP contribution in [0.2, 0.25) is 0 Å². The summed E-state index contributed by atoms with van der Waals surface area (Å²) in [6.07, 6.45) is 6.84. The molecule has 49 heavy (non-hydrogen) atoms. The van der Waals surface area contributed by atoms with Gasteiger partial charge in [-0.2, -0.15) is 5.10 Å². The summed E-state index contributed by atoms with van der Waals surface area (Å²) in [4.78, 5) is 16.6. The van der Waals surface area contributed by atoms with E-state index in [2.05, 4.69) is 75.4 Å². The van der Waals surface area contributed by atoms with Crippen molar-refractivity contribution in [3.63, 3.8) is 0 Å². The van der Waals surface area contributed by atoms with E-state index in [0.29, 0.717) is 34.9 Å². The average Bonchev–Trinajstić information content (AvgIpc) is 3.52. The third-order valence-corrected chi connectivity index (χ3v) is 11.3. The molecule has 1 amide bonds. The molecule has 0 saturated heterocycles. The van der Waals surface area contributed by atoms with Gasteiger partial charge in [0, 0.05) is 17.8 Å². The molecule has 0 radical (unpaired) electrons. The van der Waals surface area contributed by atoms with E-state index in [9.17, 15) is 4.79 Å². The van der Waals surface area contributed by atoms with Crippen molar-refractivity contribution in [2.24, 2.45) is 29.4 Å². The van der Waals surface area contributed by atoms with Gasteiger partial charge in [0.1, 0.15) is 11.5 Å². The van der Waals surface area contributed by atoms with Crippen LogP contribution < -0.4 is 25.8 Å². The van der Waals surface area contributed by atoms with Crippen LogP contribution in [0, 0.1) is 23.7 Å². The van der Waals surface area contributed by atoms with E-state index in [-0.39, 0.29) is 17.4 Å². The number of methoxy groups -OCH3 is 2. The van der Waals surface area contributed by atoms with Crippen molar-refractivity contribution in [1.29, 1.82) is 0 Å². The molecule has 1 heterocycles. The zero-order valence-corrected chi connectivity index (χ0v) is 31.1. The van der Waals surface area contributed by atoms with Crippen LogP contribution in [0.1, 0.15) is 95.1 Å². The summed E-state index contributed by atoms with van der Waals surface area (Å²) in [6, 6.07) is 14.1. The van der Waals surface area contributed by atoms with Crippen LogP contribution in [0.4, 0.5) is 5.69 Å². The van der Waals surface area contributed by atoms with E-state index in [4.69, 9.17) is 20.3 Å². The van der Waals surface area contributed by atoms with Gasteiger partial charge >= 0.3 is 0 Å². The highest BCUT2D eigenvalue weighted by molar-refractivity contribution is 5.95. The smallest absolute Gasteiger partial charge is 0.272 e. The SMILES string of the molecule is COc1cccc(OC)c1-c1cc(C(=O)NC2(C)C(C)CC3CC(C)CC2C3)nn1-c1ccc(NCCCN(C)CCCN)cc1C(C)C. The number of hydrogen-bond donors (Lipinski definition) is 3. The van der Waals surface area contributed by atoms with Gasteiger partial charge in [0.25, 0.3) is 5.91 Å². The van der Waals surface area contributed by atoms with E-state index in [1.165, 1.54) is 12.8 Å². The van der Waals surface area contributed by atoms with Crippen molar-refractivity contribution in [2.75, 3.05) is 52.8 Å². The van der Waals surface area contributed by atoms with Gasteiger partial charge < -0.3 is 30.7 Å². The lowest BCUT2D eigenvalue weighted by Gasteiger charge is -2.53. The summed E-state index contributed by atoms with van der Waals surface area (Å²) in [5, 5.41) is 12.2. The van der Waals surface area contributed by atoms with Crippen molar-refractivity contribution in [3.8, 4) is 28.4 Å². The standard InChI is InChI=1S/C40H60N6O3/c1-26(2)32-24-31(42-17-11-19-45(6)18-10-16-41)14-15-34(32)46-35(38-36(48-7)12-9-13-37(38)49-8)25-33(44-46)39(47)43-40(5)28(4)22-29-20-27(3)21-30(40)23-29/h9,12-15,24-30,42H,10-11,16-23,41H2,1-8H3,(H,43,47). The van der Waals surface area contributed by atoms with Crippen LogP contribution in [-0.4, -0.2) is 73.6 Å².